The zero-order valence-electron chi connectivity index (χ0n) is 17.0. The first-order chi connectivity index (χ1) is 14.6. The molecular formula is C22H27FN4O2S. The van der Waals surface area contributed by atoms with Gasteiger partial charge >= 0.3 is 5.69 Å². The molecular weight excluding hydrogens is 403 g/mol. The molecule has 3 aromatic rings. The second-order valence-electron chi connectivity index (χ2n) is 8.38. The van der Waals surface area contributed by atoms with Crippen LogP contribution in [0.2, 0.25) is 0 Å². The van der Waals surface area contributed by atoms with Gasteiger partial charge in [-0.3, -0.25) is 4.57 Å². The molecule has 0 unspecified atom stereocenters. The van der Waals surface area contributed by atoms with Gasteiger partial charge in [0.25, 0.3) is 0 Å². The molecule has 1 fully saturated rings. The summed E-state index contributed by atoms with van der Waals surface area (Å²) in [6, 6.07) is 4.94. The number of likely N-dealkylation sites (tertiary alicyclic amines) is 1. The summed E-state index contributed by atoms with van der Waals surface area (Å²) >= 11 is 1.50. The fourth-order valence-electron chi connectivity index (χ4n) is 4.98. The van der Waals surface area contributed by atoms with E-state index in [1.54, 1.807) is 10.7 Å². The minimum Gasteiger partial charge on any atom is -0.391 e. The van der Waals surface area contributed by atoms with Crippen molar-refractivity contribution in [2.45, 2.75) is 57.7 Å². The summed E-state index contributed by atoms with van der Waals surface area (Å²) in [6.07, 6.45) is 5.09. The van der Waals surface area contributed by atoms with Gasteiger partial charge in [0.15, 0.2) is 0 Å². The number of aromatic nitrogens is 3. The molecule has 1 N–H and O–H groups in total. The van der Waals surface area contributed by atoms with Crippen LogP contribution >= 0.6 is 11.3 Å². The van der Waals surface area contributed by atoms with Crippen molar-refractivity contribution in [3.63, 3.8) is 0 Å². The molecule has 0 bridgehead atoms. The average molecular weight is 431 g/mol. The number of aliphatic hydroxyl groups is 1. The van der Waals surface area contributed by atoms with E-state index in [0.29, 0.717) is 12.5 Å². The van der Waals surface area contributed by atoms with Crippen molar-refractivity contribution in [3.8, 4) is 0 Å². The summed E-state index contributed by atoms with van der Waals surface area (Å²) in [5, 5.41) is 15.5. The summed E-state index contributed by atoms with van der Waals surface area (Å²) in [4.78, 5) is 15.9. The molecule has 30 heavy (non-hydrogen) atoms. The second-order valence-corrected chi connectivity index (χ2v) is 9.52. The maximum atomic E-state index is 13.6. The zero-order chi connectivity index (χ0) is 20.7. The van der Waals surface area contributed by atoms with Gasteiger partial charge in [0.1, 0.15) is 11.6 Å². The Balaban J connectivity index is 1.25. The van der Waals surface area contributed by atoms with Crippen LogP contribution in [0.15, 0.2) is 23.0 Å². The third-order valence-electron chi connectivity index (χ3n) is 6.57. The Labute approximate surface area is 178 Å². The summed E-state index contributed by atoms with van der Waals surface area (Å²) in [5.41, 5.74) is 1.24. The fourth-order valence-corrected chi connectivity index (χ4v) is 6.16. The molecule has 0 saturated carbocycles. The SMILES string of the molecule is O=c1n(CCN2CCC(c3c(CO)sc4cc(F)ccc34)CC2)nc2n1CCCC2. The number of piperidine rings is 1. The first kappa shape index (κ1) is 19.9. The number of nitrogens with zero attached hydrogens (tertiary/aromatic N) is 4. The van der Waals surface area contributed by atoms with Crippen LogP contribution in [0.1, 0.15) is 47.9 Å². The Hall–Kier alpha value is -2.03. The molecule has 0 atom stereocenters. The molecule has 0 radical (unpaired) electrons. The minimum absolute atomic E-state index is 0.00439. The van der Waals surface area contributed by atoms with Crippen LogP contribution in [-0.2, 0) is 26.1 Å². The minimum atomic E-state index is -0.231. The molecule has 4 heterocycles. The van der Waals surface area contributed by atoms with Crippen molar-refractivity contribution in [3.05, 3.63) is 50.8 Å². The van der Waals surface area contributed by atoms with E-state index < -0.39 is 0 Å². The lowest BCUT2D eigenvalue weighted by atomic mass is 9.87. The van der Waals surface area contributed by atoms with Crippen LogP contribution < -0.4 is 5.69 Å². The summed E-state index contributed by atoms with van der Waals surface area (Å²) in [7, 11) is 0. The van der Waals surface area contributed by atoms with E-state index in [-0.39, 0.29) is 18.1 Å². The predicted molar refractivity (Wildman–Crippen MR) is 116 cm³/mol. The standard InChI is InChI=1S/C22H27FN4O2S/c23-16-4-5-17-18(13-16)30-19(14-28)21(17)15-6-9-25(10-7-15)11-12-27-22(29)26-8-2-1-3-20(26)24-27/h4-5,13,15,28H,1-3,6-12,14H2. The van der Waals surface area contributed by atoms with E-state index in [1.165, 1.54) is 23.0 Å². The van der Waals surface area contributed by atoms with Gasteiger partial charge in [-0.25, -0.2) is 13.9 Å². The Kier molecular flexibility index (Phi) is 5.47. The molecule has 0 spiro atoms. The molecule has 1 saturated heterocycles. The first-order valence-electron chi connectivity index (χ1n) is 10.8. The summed E-state index contributed by atoms with van der Waals surface area (Å²) in [5.74, 6) is 1.08. The van der Waals surface area contributed by atoms with Crippen LogP contribution in [0.25, 0.3) is 10.1 Å². The molecule has 2 aliphatic rings. The van der Waals surface area contributed by atoms with Crippen LogP contribution in [0.4, 0.5) is 4.39 Å². The smallest absolute Gasteiger partial charge is 0.345 e. The van der Waals surface area contributed by atoms with Gasteiger partial charge in [0.05, 0.1) is 13.2 Å². The highest BCUT2D eigenvalue weighted by atomic mass is 32.1. The van der Waals surface area contributed by atoms with Crippen molar-refractivity contribution in [1.29, 1.82) is 0 Å². The monoisotopic (exact) mass is 430 g/mol. The van der Waals surface area contributed by atoms with Gasteiger partial charge < -0.3 is 10.0 Å². The molecule has 5 rings (SSSR count). The fraction of sp³-hybridized carbons (Fsp3) is 0.545. The van der Waals surface area contributed by atoms with Gasteiger partial charge in [-0.2, -0.15) is 5.10 Å². The highest BCUT2D eigenvalue weighted by Gasteiger charge is 2.26. The van der Waals surface area contributed by atoms with Gasteiger partial charge in [0, 0.05) is 29.1 Å². The number of halogens is 1. The largest absolute Gasteiger partial charge is 0.391 e. The average Bonchev–Trinajstić information content (AvgIpc) is 3.29. The van der Waals surface area contributed by atoms with Crippen molar-refractivity contribution in [1.82, 2.24) is 19.2 Å². The number of aryl methyl sites for hydroxylation is 1. The molecule has 0 amide bonds. The lowest BCUT2D eigenvalue weighted by Gasteiger charge is -2.32. The highest BCUT2D eigenvalue weighted by Crippen LogP contribution is 2.40. The Morgan fingerprint density at radius 3 is 2.77 bits per heavy atom. The topological polar surface area (TPSA) is 63.3 Å². The molecule has 0 aliphatic carbocycles. The van der Waals surface area contributed by atoms with Crippen molar-refractivity contribution in [2.75, 3.05) is 19.6 Å². The normalized spacial score (nSPS) is 18.2. The highest BCUT2D eigenvalue weighted by molar-refractivity contribution is 7.19. The number of fused-ring (bicyclic) bond motifs is 2. The van der Waals surface area contributed by atoms with E-state index in [2.05, 4.69) is 10.00 Å². The number of hydrogen-bond acceptors (Lipinski definition) is 5. The zero-order valence-corrected chi connectivity index (χ0v) is 17.8. The van der Waals surface area contributed by atoms with Crippen molar-refractivity contribution >= 4 is 21.4 Å². The molecule has 2 aromatic heterocycles. The van der Waals surface area contributed by atoms with E-state index in [0.717, 1.165) is 79.1 Å². The van der Waals surface area contributed by atoms with Crippen molar-refractivity contribution in [2.24, 2.45) is 0 Å². The van der Waals surface area contributed by atoms with E-state index in [9.17, 15) is 14.3 Å². The molecule has 1 aromatic carbocycles. The quantitative estimate of drug-likeness (QED) is 0.676. The third-order valence-corrected chi connectivity index (χ3v) is 7.72. The van der Waals surface area contributed by atoms with E-state index >= 15 is 0 Å². The number of hydrogen-bond donors (Lipinski definition) is 1. The predicted octanol–water partition coefficient (Wildman–Crippen LogP) is 3.11. The van der Waals surface area contributed by atoms with Gasteiger partial charge in [-0.05, 0) is 67.8 Å². The van der Waals surface area contributed by atoms with Crippen LogP contribution in [0.3, 0.4) is 0 Å². The van der Waals surface area contributed by atoms with Crippen LogP contribution in [-0.4, -0.2) is 44.0 Å². The molecule has 2 aliphatic heterocycles. The van der Waals surface area contributed by atoms with Gasteiger partial charge in [-0.1, -0.05) is 6.07 Å². The Morgan fingerprint density at radius 1 is 1.17 bits per heavy atom. The van der Waals surface area contributed by atoms with E-state index in [1.807, 2.05) is 10.6 Å². The number of thiophene rings is 1. The number of rotatable bonds is 5. The maximum Gasteiger partial charge on any atom is 0.345 e. The van der Waals surface area contributed by atoms with Gasteiger partial charge in [0.2, 0.25) is 0 Å². The molecule has 8 heteroatoms. The lowest BCUT2D eigenvalue weighted by molar-refractivity contribution is 0.201. The molecule has 6 nitrogen and oxygen atoms in total. The third kappa shape index (κ3) is 3.61. The van der Waals surface area contributed by atoms with Crippen LogP contribution in [0, 0.1) is 5.82 Å². The summed E-state index contributed by atoms with van der Waals surface area (Å²) in [6.45, 7) is 4.17. The Morgan fingerprint density at radius 2 is 2.00 bits per heavy atom. The Bertz CT molecular complexity index is 1110. The molecule has 160 valence electrons. The maximum absolute atomic E-state index is 13.6. The van der Waals surface area contributed by atoms with Crippen molar-refractivity contribution < 1.29 is 9.50 Å². The second kappa shape index (κ2) is 8.24. The van der Waals surface area contributed by atoms with Crippen LogP contribution in [0.5, 0.6) is 0 Å². The number of benzene rings is 1. The first-order valence-corrected chi connectivity index (χ1v) is 11.7. The summed E-state index contributed by atoms with van der Waals surface area (Å²) < 4.78 is 18.0. The number of aliphatic hydroxyl groups excluding tert-OH is 1. The van der Waals surface area contributed by atoms with Gasteiger partial charge in [-0.15, -0.1) is 11.3 Å². The lowest BCUT2D eigenvalue weighted by Crippen LogP contribution is -2.37. The van der Waals surface area contributed by atoms with E-state index in [4.69, 9.17) is 0 Å².